The molecule has 2 rings (SSSR count). The average Bonchev–Trinajstić information content (AvgIpc) is 2.63. The molecule has 0 heterocycles. The van der Waals surface area contributed by atoms with Crippen LogP contribution in [0.1, 0.15) is 48.3 Å². The summed E-state index contributed by atoms with van der Waals surface area (Å²) < 4.78 is 48.9. The summed E-state index contributed by atoms with van der Waals surface area (Å²) in [5, 5.41) is 2.77. The topological polar surface area (TPSA) is 47.6 Å². The van der Waals surface area contributed by atoms with E-state index in [4.69, 9.17) is 9.47 Å². The van der Waals surface area contributed by atoms with Crippen molar-refractivity contribution in [2.75, 3.05) is 13.2 Å². The lowest BCUT2D eigenvalue weighted by Gasteiger charge is -2.17. The minimum Gasteiger partial charge on any atom is -0.490 e. The second-order valence-corrected chi connectivity index (χ2v) is 5.84. The molecule has 7 heteroatoms. The number of ether oxygens (including phenoxy) is 2. The number of nitrogens with one attached hydrogen (secondary N) is 1. The van der Waals surface area contributed by atoms with E-state index in [1.165, 1.54) is 12.1 Å². The number of halogens is 3. The van der Waals surface area contributed by atoms with Crippen LogP contribution in [0.2, 0.25) is 0 Å². The van der Waals surface area contributed by atoms with E-state index in [-0.39, 0.29) is 5.91 Å². The van der Waals surface area contributed by atoms with Gasteiger partial charge in [0.05, 0.1) is 24.8 Å². The predicted molar refractivity (Wildman–Crippen MR) is 96.1 cm³/mol. The third-order valence-corrected chi connectivity index (χ3v) is 3.89. The van der Waals surface area contributed by atoms with Crippen LogP contribution in [0.5, 0.6) is 11.5 Å². The van der Waals surface area contributed by atoms with Gasteiger partial charge in [-0.25, -0.2) is 0 Å². The fourth-order valence-corrected chi connectivity index (χ4v) is 2.52. The van der Waals surface area contributed by atoms with E-state index in [1.807, 2.05) is 13.8 Å². The Morgan fingerprint density at radius 2 is 1.59 bits per heavy atom. The minimum absolute atomic E-state index is 0.355. The van der Waals surface area contributed by atoms with Gasteiger partial charge in [0, 0.05) is 5.56 Å². The molecule has 146 valence electrons. The van der Waals surface area contributed by atoms with Gasteiger partial charge in [0.1, 0.15) is 0 Å². The van der Waals surface area contributed by atoms with Crippen LogP contribution in [0.3, 0.4) is 0 Å². The van der Waals surface area contributed by atoms with Gasteiger partial charge < -0.3 is 14.8 Å². The highest BCUT2D eigenvalue weighted by Gasteiger charge is 2.30. The maximum Gasteiger partial charge on any atom is 0.416 e. The summed E-state index contributed by atoms with van der Waals surface area (Å²) in [5.74, 6) is 0.660. The summed E-state index contributed by atoms with van der Waals surface area (Å²) in [6.45, 7) is 6.28. The van der Waals surface area contributed by atoms with Gasteiger partial charge >= 0.3 is 6.18 Å². The third-order valence-electron chi connectivity index (χ3n) is 3.89. The number of rotatable bonds is 7. The molecule has 0 fully saturated rings. The Hall–Kier alpha value is -2.70. The van der Waals surface area contributed by atoms with Gasteiger partial charge in [-0.2, -0.15) is 13.2 Å². The molecule has 0 aliphatic heterocycles. The molecule has 0 spiro atoms. The molecule has 1 unspecified atom stereocenters. The van der Waals surface area contributed by atoms with Crippen molar-refractivity contribution in [2.45, 2.75) is 33.0 Å². The quantitative estimate of drug-likeness (QED) is 0.735. The lowest BCUT2D eigenvalue weighted by Crippen LogP contribution is -2.26. The fourth-order valence-electron chi connectivity index (χ4n) is 2.52. The van der Waals surface area contributed by atoms with Crippen molar-refractivity contribution >= 4 is 5.91 Å². The highest BCUT2D eigenvalue weighted by molar-refractivity contribution is 5.95. The first-order valence-electron chi connectivity index (χ1n) is 8.63. The van der Waals surface area contributed by atoms with Crippen LogP contribution in [0, 0.1) is 0 Å². The van der Waals surface area contributed by atoms with Gasteiger partial charge in [-0.3, -0.25) is 4.79 Å². The zero-order valence-corrected chi connectivity index (χ0v) is 15.4. The molecule has 2 aromatic carbocycles. The van der Waals surface area contributed by atoms with E-state index < -0.39 is 17.8 Å². The summed E-state index contributed by atoms with van der Waals surface area (Å²) in [4.78, 5) is 12.5. The van der Waals surface area contributed by atoms with Crippen molar-refractivity contribution in [2.24, 2.45) is 0 Å². The van der Waals surface area contributed by atoms with Crippen LogP contribution in [-0.4, -0.2) is 19.1 Å². The highest BCUT2D eigenvalue weighted by atomic mass is 19.4. The van der Waals surface area contributed by atoms with Crippen LogP contribution >= 0.6 is 0 Å². The van der Waals surface area contributed by atoms with Crippen molar-refractivity contribution in [1.29, 1.82) is 0 Å². The van der Waals surface area contributed by atoms with E-state index in [1.54, 1.807) is 25.1 Å². The molecule has 1 atom stereocenters. The first-order valence-corrected chi connectivity index (χ1v) is 8.63. The Bertz CT molecular complexity index is 773. The lowest BCUT2D eigenvalue weighted by atomic mass is 10.1. The summed E-state index contributed by atoms with van der Waals surface area (Å²) in [7, 11) is 0. The van der Waals surface area contributed by atoms with Gasteiger partial charge in [-0.05, 0) is 56.7 Å². The van der Waals surface area contributed by atoms with Crippen molar-refractivity contribution in [3.8, 4) is 11.5 Å². The van der Waals surface area contributed by atoms with E-state index in [9.17, 15) is 18.0 Å². The van der Waals surface area contributed by atoms with Gasteiger partial charge in [0.15, 0.2) is 11.5 Å². The van der Waals surface area contributed by atoms with Crippen molar-refractivity contribution in [1.82, 2.24) is 5.32 Å². The summed E-state index contributed by atoms with van der Waals surface area (Å²) in [6, 6.07) is 9.12. The normalized spacial score (nSPS) is 12.4. The zero-order valence-electron chi connectivity index (χ0n) is 15.4. The molecular formula is C20H22F3NO3. The Balaban J connectivity index is 2.12. The van der Waals surface area contributed by atoms with Gasteiger partial charge in [-0.15, -0.1) is 0 Å². The fraction of sp³-hybridized carbons (Fsp3) is 0.350. The summed E-state index contributed by atoms with van der Waals surface area (Å²) >= 11 is 0. The van der Waals surface area contributed by atoms with Gasteiger partial charge in [0.25, 0.3) is 5.91 Å². The SMILES string of the molecule is CCOc1ccc(C(=O)NC(C)c2ccc(C(F)(F)F)cc2)cc1OCC. The summed E-state index contributed by atoms with van der Waals surface area (Å²) in [6.07, 6.45) is -4.39. The smallest absolute Gasteiger partial charge is 0.416 e. The number of benzene rings is 2. The molecule has 0 saturated heterocycles. The summed E-state index contributed by atoms with van der Waals surface area (Å²) in [5.41, 5.74) is 0.227. The van der Waals surface area contributed by atoms with E-state index in [0.717, 1.165) is 12.1 Å². The second-order valence-electron chi connectivity index (χ2n) is 5.84. The lowest BCUT2D eigenvalue weighted by molar-refractivity contribution is -0.137. The largest absolute Gasteiger partial charge is 0.490 e. The van der Waals surface area contributed by atoms with Crippen LogP contribution in [0.15, 0.2) is 42.5 Å². The van der Waals surface area contributed by atoms with Crippen molar-refractivity contribution in [3.63, 3.8) is 0 Å². The number of amides is 1. The van der Waals surface area contributed by atoms with E-state index >= 15 is 0 Å². The molecular weight excluding hydrogens is 359 g/mol. The number of alkyl halides is 3. The molecule has 0 aliphatic rings. The molecule has 0 aromatic heterocycles. The Morgan fingerprint density at radius 3 is 2.15 bits per heavy atom. The molecule has 27 heavy (non-hydrogen) atoms. The first-order chi connectivity index (χ1) is 12.8. The number of hydrogen-bond donors (Lipinski definition) is 1. The second kappa shape index (κ2) is 8.79. The highest BCUT2D eigenvalue weighted by Crippen LogP contribution is 2.30. The molecule has 0 bridgehead atoms. The monoisotopic (exact) mass is 381 g/mol. The zero-order chi connectivity index (χ0) is 20.0. The molecule has 1 amide bonds. The molecule has 0 radical (unpaired) electrons. The first kappa shape index (κ1) is 20.6. The molecule has 0 saturated carbocycles. The van der Waals surface area contributed by atoms with Crippen LogP contribution in [0.25, 0.3) is 0 Å². The van der Waals surface area contributed by atoms with Crippen molar-refractivity contribution < 1.29 is 27.4 Å². The standard InChI is InChI=1S/C20H22F3NO3/c1-4-26-17-11-8-15(12-18(17)27-5-2)19(25)24-13(3)14-6-9-16(10-7-14)20(21,22)23/h6-13H,4-5H2,1-3H3,(H,24,25). The number of carbonyl (C=O) groups is 1. The maximum atomic E-state index is 12.6. The Labute approximate surface area is 156 Å². The molecule has 4 nitrogen and oxygen atoms in total. The third kappa shape index (κ3) is 5.39. The number of carbonyl (C=O) groups excluding carboxylic acids is 1. The Morgan fingerprint density at radius 1 is 1.00 bits per heavy atom. The molecule has 1 N–H and O–H groups in total. The van der Waals surface area contributed by atoms with Gasteiger partial charge in [-0.1, -0.05) is 12.1 Å². The van der Waals surface area contributed by atoms with Crippen LogP contribution in [0.4, 0.5) is 13.2 Å². The van der Waals surface area contributed by atoms with Gasteiger partial charge in [0.2, 0.25) is 0 Å². The molecule has 2 aromatic rings. The number of hydrogen-bond acceptors (Lipinski definition) is 3. The predicted octanol–water partition coefficient (Wildman–Crippen LogP) is 4.99. The maximum absolute atomic E-state index is 12.6. The van der Waals surface area contributed by atoms with Crippen molar-refractivity contribution in [3.05, 3.63) is 59.2 Å². The van der Waals surface area contributed by atoms with Crippen LogP contribution in [-0.2, 0) is 6.18 Å². The van der Waals surface area contributed by atoms with E-state index in [0.29, 0.717) is 35.8 Å². The van der Waals surface area contributed by atoms with Crippen LogP contribution < -0.4 is 14.8 Å². The Kier molecular flexibility index (Phi) is 6.71. The minimum atomic E-state index is -4.39. The molecule has 0 aliphatic carbocycles. The van der Waals surface area contributed by atoms with E-state index in [2.05, 4.69) is 5.32 Å². The average molecular weight is 381 g/mol.